The van der Waals surface area contributed by atoms with Crippen molar-refractivity contribution in [1.82, 2.24) is 4.98 Å². The van der Waals surface area contributed by atoms with Gasteiger partial charge in [0.2, 0.25) is 5.91 Å². The van der Waals surface area contributed by atoms with Crippen molar-refractivity contribution in [2.75, 3.05) is 10.6 Å². The third-order valence-electron chi connectivity index (χ3n) is 3.42. The summed E-state index contributed by atoms with van der Waals surface area (Å²) in [6.07, 6.45) is 1.72. The van der Waals surface area contributed by atoms with Crippen LogP contribution in [0.15, 0.2) is 36.5 Å². The fraction of sp³-hybridized carbons (Fsp3) is 0.294. The molecule has 2 N–H and O–H groups in total. The number of anilines is 3. The molecule has 4 nitrogen and oxygen atoms in total. The molecular formula is C17H21N3O. The number of nitrogens with zero attached hydrogens (tertiary/aromatic N) is 1. The summed E-state index contributed by atoms with van der Waals surface area (Å²) in [6, 6.07) is 9.86. The highest BCUT2D eigenvalue weighted by Crippen LogP contribution is 2.22. The topological polar surface area (TPSA) is 54.0 Å². The summed E-state index contributed by atoms with van der Waals surface area (Å²) in [5.74, 6) is 0.484. The molecule has 4 heteroatoms. The Morgan fingerprint density at radius 2 is 1.90 bits per heavy atom. The van der Waals surface area contributed by atoms with Crippen molar-refractivity contribution < 1.29 is 4.79 Å². The van der Waals surface area contributed by atoms with E-state index >= 15 is 0 Å². The number of rotatable bonds is 4. The molecule has 0 radical (unpaired) electrons. The van der Waals surface area contributed by atoms with Crippen molar-refractivity contribution in [2.45, 2.75) is 27.7 Å². The monoisotopic (exact) mass is 283 g/mol. The molecule has 0 saturated carbocycles. The number of carbonyl (C=O) groups excluding carboxylic acids is 1. The van der Waals surface area contributed by atoms with Crippen LogP contribution in [0.5, 0.6) is 0 Å². The van der Waals surface area contributed by atoms with Gasteiger partial charge in [0.1, 0.15) is 5.82 Å². The SMILES string of the molecule is Cc1cccc(Nc2ccc(NC(=O)C(C)C)nc2)c1C. The molecule has 0 saturated heterocycles. The predicted molar refractivity (Wildman–Crippen MR) is 86.9 cm³/mol. The van der Waals surface area contributed by atoms with Crippen LogP contribution in [0.2, 0.25) is 0 Å². The smallest absolute Gasteiger partial charge is 0.228 e. The Bertz CT molecular complexity index is 633. The Hall–Kier alpha value is -2.36. The molecule has 0 bridgehead atoms. The summed E-state index contributed by atoms with van der Waals surface area (Å²) < 4.78 is 0. The van der Waals surface area contributed by atoms with Gasteiger partial charge in [-0.1, -0.05) is 26.0 Å². The molecule has 0 fully saturated rings. The van der Waals surface area contributed by atoms with Crippen LogP contribution in [-0.2, 0) is 4.79 Å². The van der Waals surface area contributed by atoms with Crippen LogP contribution in [0.4, 0.5) is 17.2 Å². The van der Waals surface area contributed by atoms with Crippen molar-refractivity contribution in [3.63, 3.8) is 0 Å². The highest BCUT2D eigenvalue weighted by molar-refractivity contribution is 5.91. The molecule has 0 unspecified atom stereocenters. The van der Waals surface area contributed by atoms with Gasteiger partial charge >= 0.3 is 0 Å². The summed E-state index contributed by atoms with van der Waals surface area (Å²) in [6.45, 7) is 7.88. The summed E-state index contributed by atoms with van der Waals surface area (Å²) in [5.41, 5.74) is 4.42. The Morgan fingerprint density at radius 1 is 1.14 bits per heavy atom. The van der Waals surface area contributed by atoms with Crippen LogP contribution in [0, 0.1) is 19.8 Å². The van der Waals surface area contributed by atoms with Gasteiger partial charge < -0.3 is 10.6 Å². The minimum absolute atomic E-state index is 0.0299. The number of hydrogen-bond acceptors (Lipinski definition) is 3. The number of aryl methyl sites for hydroxylation is 1. The standard InChI is InChI=1S/C17H21N3O/c1-11(2)17(21)20-16-9-8-14(10-18-16)19-15-7-5-6-12(3)13(15)4/h5-11,19H,1-4H3,(H,18,20,21). The highest BCUT2D eigenvalue weighted by Gasteiger charge is 2.07. The molecule has 2 rings (SSSR count). The molecule has 110 valence electrons. The first-order valence-corrected chi connectivity index (χ1v) is 7.07. The lowest BCUT2D eigenvalue weighted by Crippen LogP contribution is -2.18. The number of benzene rings is 1. The fourth-order valence-corrected chi connectivity index (χ4v) is 1.85. The molecule has 0 aliphatic rings. The van der Waals surface area contributed by atoms with Crippen molar-refractivity contribution in [2.24, 2.45) is 5.92 Å². The molecular weight excluding hydrogens is 262 g/mol. The first-order valence-electron chi connectivity index (χ1n) is 7.07. The molecule has 0 aliphatic heterocycles. The lowest BCUT2D eigenvalue weighted by atomic mass is 10.1. The quantitative estimate of drug-likeness (QED) is 0.890. The molecule has 0 aliphatic carbocycles. The van der Waals surface area contributed by atoms with Gasteiger partial charge in [-0.3, -0.25) is 4.79 Å². The van der Waals surface area contributed by atoms with E-state index in [9.17, 15) is 4.79 Å². The van der Waals surface area contributed by atoms with Crippen LogP contribution >= 0.6 is 0 Å². The maximum absolute atomic E-state index is 11.6. The summed E-state index contributed by atoms with van der Waals surface area (Å²) in [4.78, 5) is 15.9. The van der Waals surface area contributed by atoms with E-state index < -0.39 is 0 Å². The number of nitrogens with one attached hydrogen (secondary N) is 2. The Kier molecular flexibility index (Phi) is 4.58. The summed E-state index contributed by atoms with van der Waals surface area (Å²) in [5, 5.41) is 6.12. The third kappa shape index (κ3) is 3.81. The maximum atomic E-state index is 11.6. The van der Waals surface area contributed by atoms with Crippen LogP contribution in [0.3, 0.4) is 0 Å². The Morgan fingerprint density at radius 3 is 2.52 bits per heavy atom. The first kappa shape index (κ1) is 15.0. The summed E-state index contributed by atoms with van der Waals surface area (Å²) in [7, 11) is 0. The summed E-state index contributed by atoms with van der Waals surface area (Å²) >= 11 is 0. The number of pyridine rings is 1. The van der Waals surface area contributed by atoms with Crippen molar-refractivity contribution >= 4 is 23.1 Å². The average molecular weight is 283 g/mol. The van der Waals surface area contributed by atoms with Crippen LogP contribution < -0.4 is 10.6 Å². The van der Waals surface area contributed by atoms with Crippen LogP contribution in [-0.4, -0.2) is 10.9 Å². The van der Waals surface area contributed by atoms with E-state index in [2.05, 4.69) is 35.5 Å². The number of aromatic nitrogens is 1. The molecule has 1 aromatic carbocycles. The number of amides is 1. The molecule has 1 aromatic heterocycles. The normalized spacial score (nSPS) is 10.5. The van der Waals surface area contributed by atoms with Crippen LogP contribution in [0.1, 0.15) is 25.0 Å². The molecule has 0 atom stereocenters. The number of carbonyl (C=O) groups is 1. The molecule has 21 heavy (non-hydrogen) atoms. The minimum atomic E-state index is -0.0560. The molecule has 2 aromatic rings. The Balaban J connectivity index is 2.09. The van der Waals surface area contributed by atoms with Crippen molar-refractivity contribution in [3.8, 4) is 0 Å². The second-order valence-corrected chi connectivity index (χ2v) is 5.45. The van der Waals surface area contributed by atoms with Gasteiger partial charge in [-0.15, -0.1) is 0 Å². The van der Waals surface area contributed by atoms with Crippen LogP contribution in [0.25, 0.3) is 0 Å². The highest BCUT2D eigenvalue weighted by atomic mass is 16.1. The van der Waals surface area contributed by atoms with Gasteiger partial charge in [0.05, 0.1) is 11.9 Å². The van der Waals surface area contributed by atoms with Crippen molar-refractivity contribution in [3.05, 3.63) is 47.7 Å². The average Bonchev–Trinajstić information content (AvgIpc) is 2.46. The van der Waals surface area contributed by atoms with E-state index in [1.807, 2.05) is 32.0 Å². The molecule has 1 amide bonds. The van der Waals surface area contributed by atoms with E-state index in [0.717, 1.165) is 11.4 Å². The van der Waals surface area contributed by atoms with Gasteiger partial charge in [-0.05, 0) is 43.2 Å². The van der Waals surface area contributed by atoms with E-state index in [-0.39, 0.29) is 11.8 Å². The van der Waals surface area contributed by atoms with Gasteiger partial charge in [0.25, 0.3) is 0 Å². The van der Waals surface area contributed by atoms with E-state index in [1.54, 1.807) is 12.3 Å². The molecule has 1 heterocycles. The maximum Gasteiger partial charge on any atom is 0.228 e. The largest absolute Gasteiger partial charge is 0.354 e. The van der Waals surface area contributed by atoms with E-state index in [0.29, 0.717) is 5.82 Å². The lowest BCUT2D eigenvalue weighted by molar-refractivity contribution is -0.118. The second-order valence-electron chi connectivity index (χ2n) is 5.45. The van der Waals surface area contributed by atoms with Gasteiger partial charge in [0, 0.05) is 11.6 Å². The van der Waals surface area contributed by atoms with Gasteiger partial charge in [-0.25, -0.2) is 4.98 Å². The lowest BCUT2D eigenvalue weighted by Gasteiger charge is -2.12. The second kappa shape index (κ2) is 6.39. The zero-order chi connectivity index (χ0) is 15.4. The van der Waals surface area contributed by atoms with Gasteiger partial charge in [-0.2, -0.15) is 0 Å². The minimum Gasteiger partial charge on any atom is -0.354 e. The fourth-order valence-electron chi connectivity index (χ4n) is 1.85. The van der Waals surface area contributed by atoms with Crippen molar-refractivity contribution in [1.29, 1.82) is 0 Å². The zero-order valence-corrected chi connectivity index (χ0v) is 12.9. The third-order valence-corrected chi connectivity index (χ3v) is 3.42. The predicted octanol–water partition coefficient (Wildman–Crippen LogP) is 4.04. The number of hydrogen-bond donors (Lipinski definition) is 2. The van der Waals surface area contributed by atoms with E-state index in [4.69, 9.17) is 0 Å². The first-order chi connectivity index (χ1) is 9.97. The van der Waals surface area contributed by atoms with Gasteiger partial charge in [0.15, 0.2) is 0 Å². The molecule has 0 spiro atoms. The zero-order valence-electron chi connectivity index (χ0n) is 12.9. The van der Waals surface area contributed by atoms with E-state index in [1.165, 1.54) is 11.1 Å². The Labute approximate surface area is 125 Å².